The number of nitrogens with zero attached hydrogens (tertiary/aromatic N) is 5. The average molecular weight is 347 g/mol. The Hall–Kier alpha value is -1.67. The van der Waals surface area contributed by atoms with Gasteiger partial charge in [-0.3, -0.25) is 0 Å². The van der Waals surface area contributed by atoms with Crippen LogP contribution in [0, 0.1) is 0 Å². The van der Waals surface area contributed by atoms with Crippen molar-refractivity contribution in [1.29, 1.82) is 0 Å². The highest BCUT2D eigenvalue weighted by Gasteiger charge is 2.30. The first kappa shape index (κ1) is 14.9. The minimum Gasteiger partial charge on any atom is -0.338 e. The van der Waals surface area contributed by atoms with Crippen molar-refractivity contribution in [3.63, 3.8) is 0 Å². The Balaban J connectivity index is 1.46. The SMILES string of the molecule is CC(Sc1nnc(Cc2cccs2)n1C)c1nc(C2CC2)no1. The molecule has 1 aliphatic rings. The van der Waals surface area contributed by atoms with Crippen molar-refractivity contribution in [3.05, 3.63) is 39.9 Å². The van der Waals surface area contributed by atoms with Gasteiger partial charge in [0.1, 0.15) is 5.82 Å². The van der Waals surface area contributed by atoms with E-state index >= 15 is 0 Å². The zero-order valence-electron chi connectivity index (χ0n) is 13.0. The lowest BCUT2D eigenvalue weighted by Gasteiger charge is -2.06. The first-order valence-electron chi connectivity index (χ1n) is 7.61. The Morgan fingerprint density at radius 3 is 3.04 bits per heavy atom. The maximum atomic E-state index is 5.39. The molecule has 0 spiro atoms. The van der Waals surface area contributed by atoms with Crippen LogP contribution >= 0.6 is 23.1 Å². The van der Waals surface area contributed by atoms with Gasteiger partial charge in [-0.25, -0.2) is 0 Å². The van der Waals surface area contributed by atoms with Crippen LogP contribution in [0.3, 0.4) is 0 Å². The van der Waals surface area contributed by atoms with Crippen molar-refractivity contribution < 1.29 is 4.52 Å². The molecule has 1 aliphatic carbocycles. The molecule has 0 radical (unpaired) electrons. The van der Waals surface area contributed by atoms with Gasteiger partial charge in [0, 0.05) is 24.3 Å². The Labute approximate surface area is 142 Å². The maximum absolute atomic E-state index is 5.39. The summed E-state index contributed by atoms with van der Waals surface area (Å²) in [7, 11) is 2.00. The smallest absolute Gasteiger partial charge is 0.239 e. The molecule has 1 fully saturated rings. The third-order valence-corrected chi connectivity index (χ3v) is 5.87. The van der Waals surface area contributed by atoms with Gasteiger partial charge in [0.05, 0.1) is 5.25 Å². The number of thioether (sulfide) groups is 1. The Morgan fingerprint density at radius 2 is 2.30 bits per heavy atom. The van der Waals surface area contributed by atoms with Crippen molar-refractivity contribution >= 4 is 23.1 Å². The molecule has 0 saturated heterocycles. The molecule has 1 atom stereocenters. The van der Waals surface area contributed by atoms with E-state index in [4.69, 9.17) is 4.52 Å². The molecular weight excluding hydrogens is 330 g/mol. The highest BCUT2D eigenvalue weighted by molar-refractivity contribution is 7.99. The van der Waals surface area contributed by atoms with Gasteiger partial charge in [0.15, 0.2) is 11.0 Å². The monoisotopic (exact) mass is 347 g/mol. The van der Waals surface area contributed by atoms with Crippen LogP contribution in [0.5, 0.6) is 0 Å². The van der Waals surface area contributed by atoms with Gasteiger partial charge >= 0.3 is 0 Å². The number of rotatable bonds is 6. The zero-order valence-corrected chi connectivity index (χ0v) is 14.6. The fourth-order valence-electron chi connectivity index (χ4n) is 2.30. The fourth-order valence-corrected chi connectivity index (χ4v) is 3.86. The van der Waals surface area contributed by atoms with Crippen LogP contribution in [0.4, 0.5) is 0 Å². The van der Waals surface area contributed by atoms with Crippen LogP contribution in [0.15, 0.2) is 27.2 Å². The van der Waals surface area contributed by atoms with Crippen molar-refractivity contribution in [3.8, 4) is 0 Å². The summed E-state index contributed by atoms with van der Waals surface area (Å²) in [5.74, 6) is 2.99. The second-order valence-electron chi connectivity index (χ2n) is 5.74. The van der Waals surface area contributed by atoms with Crippen molar-refractivity contribution in [2.75, 3.05) is 0 Å². The summed E-state index contributed by atoms with van der Waals surface area (Å²) in [5, 5.41) is 15.7. The quantitative estimate of drug-likeness (QED) is 0.635. The van der Waals surface area contributed by atoms with E-state index < -0.39 is 0 Å². The van der Waals surface area contributed by atoms with E-state index in [2.05, 4.69) is 44.8 Å². The number of thiophene rings is 1. The molecule has 0 amide bonds. The normalized spacial score (nSPS) is 15.9. The van der Waals surface area contributed by atoms with E-state index in [9.17, 15) is 0 Å². The molecule has 1 unspecified atom stereocenters. The molecule has 3 aromatic heterocycles. The second kappa shape index (κ2) is 6.09. The predicted octanol–water partition coefficient (Wildman–Crippen LogP) is 3.58. The summed E-state index contributed by atoms with van der Waals surface area (Å²) < 4.78 is 7.43. The molecule has 8 heteroatoms. The zero-order chi connectivity index (χ0) is 15.8. The minimum atomic E-state index is 0.0625. The van der Waals surface area contributed by atoms with Gasteiger partial charge in [-0.15, -0.1) is 21.5 Å². The van der Waals surface area contributed by atoms with Gasteiger partial charge in [-0.2, -0.15) is 4.98 Å². The highest BCUT2D eigenvalue weighted by Crippen LogP contribution is 2.40. The number of hydrogen-bond acceptors (Lipinski definition) is 7. The van der Waals surface area contributed by atoms with Gasteiger partial charge in [0.2, 0.25) is 5.89 Å². The van der Waals surface area contributed by atoms with Gasteiger partial charge in [0.25, 0.3) is 0 Å². The van der Waals surface area contributed by atoms with Gasteiger partial charge in [-0.1, -0.05) is 23.0 Å². The molecule has 0 N–H and O–H groups in total. The minimum absolute atomic E-state index is 0.0625. The third kappa shape index (κ3) is 3.18. The predicted molar refractivity (Wildman–Crippen MR) is 88.7 cm³/mol. The summed E-state index contributed by atoms with van der Waals surface area (Å²) in [6.07, 6.45) is 3.16. The second-order valence-corrected chi connectivity index (χ2v) is 8.08. The van der Waals surface area contributed by atoms with Crippen molar-refractivity contribution in [2.45, 2.75) is 42.5 Å². The van der Waals surface area contributed by atoms with E-state index in [0.717, 1.165) is 23.2 Å². The largest absolute Gasteiger partial charge is 0.338 e. The Morgan fingerprint density at radius 1 is 1.43 bits per heavy atom. The lowest BCUT2D eigenvalue weighted by atomic mass is 10.3. The maximum Gasteiger partial charge on any atom is 0.239 e. The summed E-state index contributed by atoms with van der Waals surface area (Å²) in [4.78, 5) is 5.80. The van der Waals surface area contributed by atoms with Crippen molar-refractivity contribution in [1.82, 2.24) is 24.9 Å². The van der Waals surface area contributed by atoms with Crippen molar-refractivity contribution in [2.24, 2.45) is 7.05 Å². The van der Waals surface area contributed by atoms with E-state index in [1.807, 2.05) is 11.6 Å². The molecule has 1 saturated carbocycles. The molecule has 4 rings (SSSR count). The Bertz CT molecular complexity index is 791. The van der Waals surface area contributed by atoms with E-state index in [-0.39, 0.29) is 5.25 Å². The molecule has 3 aromatic rings. The topological polar surface area (TPSA) is 69.6 Å². The average Bonchev–Trinajstić information content (AvgIpc) is 2.96. The van der Waals surface area contributed by atoms with E-state index in [1.165, 1.54) is 17.7 Å². The van der Waals surface area contributed by atoms with Crippen LogP contribution < -0.4 is 0 Å². The summed E-state index contributed by atoms with van der Waals surface area (Å²) in [5.41, 5.74) is 0. The van der Waals surface area contributed by atoms with E-state index in [0.29, 0.717) is 11.8 Å². The molecule has 0 bridgehead atoms. The van der Waals surface area contributed by atoms with Crippen LogP contribution in [0.1, 0.15) is 53.3 Å². The summed E-state index contributed by atoms with van der Waals surface area (Å²) >= 11 is 3.34. The summed E-state index contributed by atoms with van der Waals surface area (Å²) in [6, 6.07) is 4.17. The van der Waals surface area contributed by atoms with Crippen LogP contribution in [0.25, 0.3) is 0 Å². The van der Waals surface area contributed by atoms with Crippen LogP contribution in [0.2, 0.25) is 0 Å². The van der Waals surface area contributed by atoms with E-state index in [1.54, 1.807) is 23.1 Å². The lowest BCUT2D eigenvalue weighted by Crippen LogP contribution is -2.00. The molecule has 120 valence electrons. The molecule has 0 aromatic carbocycles. The molecule has 0 aliphatic heterocycles. The lowest BCUT2D eigenvalue weighted by molar-refractivity contribution is 0.374. The molecular formula is C15H17N5OS2. The highest BCUT2D eigenvalue weighted by atomic mass is 32.2. The first-order chi connectivity index (χ1) is 11.2. The summed E-state index contributed by atoms with van der Waals surface area (Å²) in [6.45, 7) is 2.06. The molecule has 3 heterocycles. The van der Waals surface area contributed by atoms with Crippen LogP contribution in [-0.4, -0.2) is 24.9 Å². The molecule has 6 nitrogen and oxygen atoms in total. The number of hydrogen-bond donors (Lipinski definition) is 0. The first-order valence-corrected chi connectivity index (χ1v) is 9.37. The number of aromatic nitrogens is 5. The fraction of sp³-hybridized carbons (Fsp3) is 0.467. The third-order valence-electron chi connectivity index (χ3n) is 3.87. The van der Waals surface area contributed by atoms with Gasteiger partial charge < -0.3 is 9.09 Å². The standard InChI is InChI=1S/C15H17N5OS2/c1-9(14-16-13(19-21-14)10-5-6-10)23-15-18-17-12(20(15)2)8-11-4-3-7-22-11/h3-4,7,9-10H,5-6,8H2,1-2H3. The van der Waals surface area contributed by atoms with Crippen LogP contribution in [-0.2, 0) is 13.5 Å². The Kier molecular flexibility index (Phi) is 3.94. The van der Waals surface area contributed by atoms with Gasteiger partial charge in [-0.05, 0) is 31.2 Å². The molecule has 23 heavy (non-hydrogen) atoms.